The second-order valence-electron chi connectivity index (χ2n) is 4.65. The third-order valence-corrected chi connectivity index (χ3v) is 3.30. The number of aryl methyl sites for hydroxylation is 1. The van der Waals surface area contributed by atoms with Gasteiger partial charge >= 0.3 is 0 Å². The third-order valence-electron chi connectivity index (χ3n) is 3.30. The predicted octanol–water partition coefficient (Wildman–Crippen LogP) is 3.12. The van der Waals surface area contributed by atoms with E-state index in [4.69, 9.17) is 0 Å². The lowest BCUT2D eigenvalue weighted by atomic mass is 10.1. The van der Waals surface area contributed by atoms with Crippen LogP contribution in [0.15, 0.2) is 48.7 Å². The molecule has 0 spiro atoms. The Morgan fingerprint density at radius 2 is 1.95 bits per heavy atom. The Balaban J connectivity index is 2.03. The number of rotatable bonds is 1. The van der Waals surface area contributed by atoms with Gasteiger partial charge in [-0.3, -0.25) is 4.68 Å². The molecule has 0 aliphatic heterocycles. The van der Waals surface area contributed by atoms with E-state index in [0.717, 1.165) is 33.3 Å². The largest absolute Gasteiger partial charge is 0.338 e. The van der Waals surface area contributed by atoms with Crippen LogP contribution in [0.25, 0.3) is 33.3 Å². The van der Waals surface area contributed by atoms with Crippen LogP contribution < -0.4 is 0 Å². The Hall–Kier alpha value is -2.62. The number of fused-ring (bicyclic) bond motifs is 2. The molecule has 0 amide bonds. The lowest BCUT2D eigenvalue weighted by molar-refractivity contribution is 0.780. The maximum atomic E-state index is 4.64. The Kier molecular flexibility index (Phi) is 2.00. The molecule has 1 N–H and O–H groups in total. The SMILES string of the molecule is Cn1cc2cccc(-c3nc4ccccc4[nH]3)c2n1. The summed E-state index contributed by atoms with van der Waals surface area (Å²) in [4.78, 5) is 7.99. The van der Waals surface area contributed by atoms with Gasteiger partial charge in [0.05, 0.1) is 11.0 Å². The first-order valence-electron chi connectivity index (χ1n) is 6.19. The molecule has 0 aliphatic rings. The summed E-state index contributed by atoms with van der Waals surface area (Å²) in [6.45, 7) is 0. The zero-order valence-corrected chi connectivity index (χ0v) is 10.5. The number of para-hydroxylation sites is 2. The molecular formula is C15H12N4. The number of aromatic amines is 1. The van der Waals surface area contributed by atoms with Gasteiger partial charge in [0.25, 0.3) is 0 Å². The molecule has 2 heterocycles. The van der Waals surface area contributed by atoms with E-state index in [0.29, 0.717) is 0 Å². The van der Waals surface area contributed by atoms with E-state index >= 15 is 0 Å². The number of hydrogen-bond donors (Lipinski definition) is 1. The number of hydrogen-bond acceptors (Lipinski definition) is 2. The minimum atomic E-state index is 0.866. The summed E-state index contributed by atoms with van der Waals surface area (Å²) in [5.74, 6) is 0.866. The van der Waals surface area contributed by atoms with Crippen LogP contribution in [-0.2, 0) is 7.05 Å². The first-order valence-corrected chi connectivity index (χ1v) is 6.19. The van der Waals surface area contributed by atoms with Crippen molar-refractivity contribution in [3.05, 3.63) is 48.7 Å². The average molecular weight is 248 g/mol. The first kappa shape index (κ1) is 10.3. The molecule has 0 saturated heterocycles. The summed E-state index contributed by atoms with van der Waals surface area (Å²) in [5, 5.41) is 5.64. The van der Waals surface area contributed by atoms with E-state index < -0.39 is 0 Å². The number of nitrogens with one attached hydrogen (secondary N) is 1. The number of aromatic nitrogens is 4. The normalized spacial score (nSPS) is 11.4. The molecule has 4 heteroatoms. The van der Waals surface area contributed by atoms with E-state index in [1.807, 2.05) is 54.3 Å². The molecule has 0 atom stereocenters. The minimum Gasteiger partial charge on any atom is -0.338 e. The first-order chi connectivity index (χ1) is 9.31. The van der Waals surface area contributed by atoms with Crippen molar-refractivity contribution < 1.29 is 0 Å². The number of benzene rings is 2. The van der Waals surface area contributed by atoms with E-state index in [9.17, 15) is 0 Å². The highest BCUT2D eigenvalue weighted by molar-refractivity contribution is 5.93. The standard InChI is InChI=1S/C15H12N4/c1-19-9-10-5-4-6-11(14(10)18-19)15-16-12-7-2-3-8-13(12)17-15/h2-9H,1H3,(H,16,17). The lowest BCUT2D eigenvalue weighted by Gasteiger charge is -1.97. The minimum absolute atomic E-state index is 0.866. The molecule has 0 radical (unpaired) electrons. The fourth-order valence-corrected chi connectivity index (χ4v) is 2.44. The molecular weight excluding hydrogens is 236 g/mol. The van der Waals surface area contributed by atoms with E-state index in [2.05, 4.69) is 21.1 Å². The van der Waals surface area contributed by atoms with Gasteiger partial charge in [-0.25, -0.2) is 4.98 Å². The third kappa shape index (κ3) is 1.53. The van der Waals surface area contributed by atoms with Gasteiger partial charge in [0.15, 0.2) is 0 Å². The van der Waals surface area contributed by atoms with Crippen molar-refractivity contribution in [2.75, 3.05) is 0 Å². The Bertz CT molecular complexity index is 852. The van der Waals surface area contributed by atoms with E-state index in [1.165, 1.54) is 0 Å². The Morgan fingerprint density at radius 3 is 2.84 bits per heavy atom. The van der Waals surface area contributed by atoms with E-state index in [1.54, 1.807) is 0 Å². The molecule has 4 rings (SSSR count). The summed E-state index contributed by atoms with van der Waals surface area (Å²) in [7, 11) is 1.93. The summed E-state index contributed by atoms with van der Waals surface area (Å²) in [5.41, 5.74) is 4.04. The second kappa shape index (κ2) is 3.68. The van der Waals surface area contributed by atoms with E-state index in [-0.39, 0.29) is 0 Å². The summed E-state index contributed by atoms with van der Waals surface area (Å²) < 4.78 is 1.83. The predicted molar refractivity (Wildman–Crippen MR) is 75.8 cm³/mol. The Morgan fingerprint density at radius 1 is 1.05 bits per heavy atom. The molecule has 0 aliphatic carbocycles. The van der Waals surface area contributed by atoms with Crippen molar-refractivity contribution in [3.8, 4) is 11.4 Å². The fourth-order valence-electron chi connectivity index (χ4n) is 2.44. The number of nitrogens with zero attached hydrogens (tertiary/aromatic N) is 3. The van der Waals surface area contributed by atoms with Crippen molar-refractivity contribution in [2.45, 2.75) is 0 Å². The number of imidazole rings is 1. The van der Waals surface area contributed by atoms with Crippen LogP contribution in [-0.4, -0.2) is 19.7 Å². The van der Waals surface area contributed by atoms with Gasteiger partial charge in [-0.15, -0.1) is 0 Å². The van der Waals surface area contributed by atoms with Crippen LogP contribution in [0.3, 0.4) is 0 Å². The van der Waals surface area contributed by atoms with Crippen molar-refractivity contribution in [1.29, 1.82) is 0 Å². The van der Waals surface area contributed by atoms with Crippen LogP contribution in [0, 0.1) is 0 Å². The van der Waals surface area contributed by atoms with Gasteiger partial charge in [-0.1, -0.05) is 24.3 Å². The summed E-state index contributed by atoms with van der Waals surface area (Å²) in [6.07, 6.45) is 2.02. The lowest BCUT2D eigenvalue weighted by Crippen LogP contribution is -1.87. The highest BCUT2D eigenvalue weighted by Crippen LogP contribution is 2.26. The average Bonchev–Trinajstić information content (AvgIpc) is 2.99. The van der Waals surface area contributed by atoms with Gasteiger partial charge in [-0.2, -0.15) is 5.10 Å². The zero-order valence-electron chi connectivity index (χ0n) is 10.5. The highest BCUT2D eigenvalue weighted by Gasteiger charge is 2.10. The van der Waals surface area contributed by atoms with Gasteiger partial charge in [0.1, 0.15) is 11.3 Å². The second-order valence-corrected chi connectivity index (χ2v) is 4.65. The Labute approximate surface area is 109 Å². The topological polar surface area (TPSA) is 46.5 Å². The molecule has 92 valence electrons. The van der Waals surface area contributed by atoms with Crippen LogP contribution in [0.1, 0.15) is 0 Å². The molecule has 2 aromatic carbocycles. The highest BCUT2D eigenvalue weighted by atomic mass is 15.2. The molecule has 4 aromatic rings. The van der Waals surface area contributed by atoms with Gasteiger partial charge in [0, 0.05) is 24.2 Å². The van der Waals surface area contributed by atoms with Gasteiger partial charge < -0.3 is 4.98 Å². The summed E-state index contributed by atoms with van der Waals surface area (Å²) >= 11 is 0. The monoisotopic (exact) mass is 248 g/mol. The maximum absolute atomic E-state index is 4.64. The molecule has 0 bridgehead atoms. The molecule has 2 aromatic heterocycles. The van der Waals surface area contributed by atoms with Crippen molar-refractivity contribution >= 4 is 21.9 Å². The van der Waals surface area contributed by atoms with Crippen molar-refractivity contribution in [2.24, 2.45) is 7.05 Å². The van der Waals surface area contributed by atoms with Crippen LogP contribution in [0.5, 0.6) is 0 Å². The summed E-state index contributed by atoms with van der Waals surface area (Å²) in [6, 6.07) is 14.2. The molecule has 0 fully saturated rings. The number of H-pyrrole nitrogens is 1. The van der Waals surface area contributed by atoms with Crippen LogP contribution in [0.4, 0.5) is 0 Å². The molecule has 0 unspecified atom stereocenters. The van der Waals surface area contributed by atoms with Crippen molar-refractivity contribution in [1.82, 2.24) is 19.7 Å². The zero-order chi connectivity index (χ0) is 12.8. The van der Waals surface area contributed by atoms with Crippen LogP contribution in [0.2, 0.25) is 0 Å². The van der Waals surface area contributed by atoms with Gasteiger partial charge in [0.2, 0.25) is 0 Å². The van der Waals surface area contributed by atoms with Crippen LogP contribution >= 0.6 is 0 Å². The smallest absolute Gasteiger partial charge is 0.140 e. The van der Waals surface area contributed by atoms with Gasteiger partial charge in [-0.05, 0) is 18.2 Å². The molecule has 4 nitrogen and oxygen atoms in total. The molecule has 19 heavy (non-hydrogen) atoms. The molecule has 0 saturated carbocycles. The quantitative estimate of drug-likeness (QED) is 0.562. The maximum Gasteiger partial charge on any atom is 0.140 e. The van der Waals surface area contributed by atoms with Crippen molar-refractivity contribution in [3.63, 3.8) is 0 Å². The fraction of sp³-hybridized carbons (Fsp3) is 0.0667.